The number of methoxy groups -OCH3 is 1. The van der Waals surface area contributed by atoms with Gasteiger partial charge in [0.15, 0.2) is 0 Å². The maximum absolute atomic E-state index is 13.0. The summed E-state index contributed by atoms with van der Waals surface area (Å²) >= 11 is 3.22. The van der Waals surface area contributed by atoms with Crippen LogP contribution in [-0.2, 0) is 13.6 Å². The summed E-state index contributed by atoms with van der Waals surface area (Å²) in [6, 6.07) is 18.2. The number of ether oxygens (including phenoxy) is 1. The fourth-order valence-electron chi connectivity index (χ4n) is 3.48. The quantitative estimate of drug-likeness (QED) is 0.398. The van der Waals surface area contributed by atoms with Gasteiger partial charge in [0.05, 0.1) is 12.6 Å². The van der Waals surface area contributed by atoms with Crippen LogP contribution in [0, 0.1) is 0 Å². The largest absolute Gasteiger partial charge is 0.497 e. The Balaban J connectivity index is 1.52. The van der Waals surface area contributed by atoms with E-state index in [-0.39, 0.29) is 5.56 Å². The van der Waals surface area contributed by atoms with Gasteiger partial charge in [-0.05, 0) is 29.8 Å². The molecule has 0 saturated heterocycles. The molecule has 5 aromatic rings. The minimum absolute atomic E-state index is 0.0380. The molecule has 0 bridgehead atoms. The molecular weight excluding hydrogens is 414 g/mol. The lowest BCUT2D eigenvalue weighted by atomic mass is 10.1. The van der Waals surface area contributed by atoms with Gasteiger partial charge in [0.25, 0.3) is 5.56 Å². The number of nitrogens with one attached hydrogen (secondary N) is 1. The first kappa shape index (κ1) is 18.8. The van der Waals surface area contributed by atoms with Gasteiger partial charge < -0.3 is 10.1 Å². The molecule has 3 heterocycles. The Morgan fingerprint density at radius 1 is 1.13 bits per heavy atom. The minimum Gasteiger partial charge on any atom is -0.497 e. The third-order valence-corrected chi connectivity index (χ3v) is 7.20. The molecule has 30 heavy (non-hydrogen) atoms. The van der Waals surface area contributed by atoms with Gasteiger partial charge in [-0.3, -0.25) is 9.36 Å². The topological polar surface area (TPSA) is 56.1 Å². The van der Waals surface area contributed by atoms with Crippen molar-refractivity contribution in [3.63, 3.8) is 0 Å². The van der Waals surface area contributed by atoms with E-state index < -0.39 is 0 Å². The van der Waals surface area contributed by atoms with E-state index in [0.29, 0.717) is 17.2 Å². The molecule has 0 unspecified atom stereocenters. The van der Waals surface area contributed by atoms with Crippen molar-refractivity contribution >= 4 is 48.9 Å². The average Bonchev–Trinajstić information content (AvgIpc) is 3.39. The van der Waals surface area contributed by atoms with E-state index in [9.17, 15) is 4.79 Å². The number of anilines is 1. The molecule has 0 atom stereocenters. The van der Waals surface area contributed by atoms with E-state index in [1.54, 1.807) is 30.1 Å². The summed E-state index contributed by atoms with van der Waals surface area (Å²) in [6.07, 6.45) is 0. The summed E-state index contributed by atoms with van der Waals surface area (Å²) in [5, 5.41) is 6.66. The van der Waals surface area contributed by atoms with E-state index in [4.69, 9.17) is 9.72 Å². The number of thiophene rings is 2. The van der Waals surface area contributed by atoms with Crippen LogP contribution in [-0.4, -0.2) is 16.7 Å². The van der Waals surface area contributed by atoms with Crippen LogP contribution in [0.5, 0.6) is 5.75 Å². The summed E-state index contributed by atoms with van der Waals surface area (Å²) < 4.78 is 8.78. The summed E-state index contributed by atoms with van der Waals surface area (Å²) in [5.41, 5.74) is 2.90. The fourth-order valence-corrected chi connectivity index (χ4v) is 5.62. The van der Waals surface area contributed by atoms with Crippen LogP contribution >= 0.6 is 22.7 Å². The molecule has 0 aliphatic rings. The van der Waals surface area contributed by atoms with Crippen LogP contribution in [0.25, 0.3) is 30.7 Å². The van der Waals surface area contributed by atoms with E-state index in [1.165, 1.54) is 21.4 Å². The lowest BCUT2D eigenvalue weighted by Crippen LogP contribution is -2.21. The predicted molar refractivity (Wildman–Crippen MR) is 126 cm³/mol. The molecule has 0 aliphatic heterocycles. The van der Waals surface area contributed by atoms with Crippen molar-refractivity contribution in [1.82, 2.24) is 9.55 Å². The first-order valence-corrected chi connectivity index (χ1v) is 11.2. The van der Waals surface area contributed by atoms with Gasteiger partial charge in [0.1, 0.15) is 10.4 Å². The minimum atomic E-state index is -0.0380. The Bertz CT molecular complexity index is 1430. The highest BCUT2D eigenvalue weighted by molar-refractivity contribution is 7.23. The highest BCUT2D eigenvalue weighted by Gasteiger charge is 2.15. The van der Waals surface area contributed by atoms with Crippen molar-refractivity contribution < 1.29 is 4.74 Å². The molecule has 0 aliphatic carbocycles. The normalized spacial score (nSPS) is 11.3. The fraction of sp³-hybridized carbons (Fsp3) is 0.130. The molecular formula is C23H19N3O2S2. The lowest BCUT2D eigenvalue weighted by Gasteiger charge is -2.10. The van der Waals surface area contributed by atoms with Crippen molar-refractivity contribution in [2.45, 2.75) is 6.54 Å². The van der Waals surface area contributed by atoms with Crippen LogP contribution < -0.4 is 15.6 Å². The van der Waals surface area contributed by atoms with Gasteiger partial charge in [-0.15, -0.1) is 22.7 Å². The van der Waals surface area contributed by atoms with E-state index in [1.807, 2.05) is 42.5 Å². The summed E-state index contributed by atoms with van der Waals surface area (Å²) in [5.74, 6) is 1.35. The summed E-state index contributed by atoms with van der Waals surface area (Å²) in [6.45, 7) is 0.551. The molecule has 2 aromatic carbocycles. The van der Waals surface area contributed by atoms with Crippen molar-refractivity contribution in [1.29, 1.82) is 0 Å². The molecule has 3 aromatic heterocycles. The molecule has 0 saturated carbocycles. The zero-order chi connectivity index (χ0) is 20.7. The van der Waals surface area contributed by atoms with E-state index in [0.717, 1.165) is 27.3 Å². The Morgan fingerprint density at radius 3 is 2.87 bits per heavy atom. The second-order valence-corrected chi connectivity index (χ2v) is 8.94. The summed E-state index contributed by atoms with van der Waals surface area (Å²) in [7, 11) is 3.40. The smallest absolute Gasteiger partial charge is 0.272 e. The van der Waals surface area contributed by atoms with Crippen molar-refractivity contribution in [3.05, 3.63) is 75.9 Å². The predicted octanol–water partition coefficient (Wildman–Crippen LogP) is 5.50. The van der Waals surface area contributed by atoms with Crippen LogP contribution in [0.2, 0.25) is 0 Å². The zero-order valence-electron chi connectivity index (χ0n) is 16.5. The van der Waals surface area contributed by atoms with Gasteiger partial charge in [-0.1, -0.05) is 30.3 Å². The molecule has 5 nitrogen and oxygen atoms in total. The van der Waals surface area contributed by atoms with Crippen molar-refractivity contribution in [2.75, 3.05) is 12.4 Å². The number of nitrogens with zero attached hydrogens (tertiary/aromatic N) is 2. The number of rotatable bonds is 5. The Hall–Kier alpha value is -3.16. The third-order valence-electron chi connectivity index (χ3n) is 5.09. The monoisotopic (exact) mass is 433 g/mol. The number of aromatic nitrogens is 2. The first-order valence-electron chi connectivity index (χ1n) is 9.48. The molecule has 0 amide bonds. The van der Waals surface area contributed by atoms with Gasteiger partial charge in [-0.2, -0.15) is 0 Å². The van der Waals surface area contributed by atoms with Crippen LogP contribution in [0.15, 0.2) is 64.8 Å². The molecule has 0 radical (unpaired) electrons. The maximum Gasteiger partial charge on any atom is 0.272 e. The van der Waals surface area contributed by atoms with Gasteiger partial charge in [0.2, 0.25) is 5.95 Å². The van der Waals surface area contributed by atoms with Gasteiger partial charge in [-0.25, -0.2) is 4.98 Å². The SMILES string of the molecule is COc1cccc(CNc2nc3cc(-c4csc5ccccc45)sc3c(=O)n2C)c1. The summed E-state index contributed by atoms with van der Waals surface area (Å²) in [4.78, 5) is 18.8. The highest BCUT2D eigenvalue weighted by Crippen LogP contribution is 2.38. The van der Waals surface area contributed by atoms with Crippen molar-refractivity contribution in [3.8, 4) is 16.2 Å². The van der Waals surface area contributed by atoms with Crippen LogP contribution in [0.4, 0.5) is 5.95 Å². The average molecular weight is 434 g/mol. The second-order valence-electron chi connectivity index (χ2n) is 6.98. The molecule has 7 heteroatoms. The highest BCUT2D eigenvalue weighted by atomic mass is 32.1. The number of fused-ring (bicyclic) bond motifs is 2. The zero-order valence-corrected chi connectivity index (χ0v) is 18.1. The molecule has 0 spiro atoms. The molecule has 1 N–H and O–H groups in total. The molecule has 150 valence electrons. The number of benzene rings is 2. The Labute approximate surface area is 181 Å². The first-order chi connectivity index (χ1) is 14.6. The van der Waals surface area contributed by atoms with Gasteiger partial charge in [0, 0.05) is 39.5 Å². The maximum atomic E-state index is 13.0. The second kappa shape index (κ2) is 7.59. The Kier molecular flexibility index (Phi) is 4.77. The standard InChI is InChI=1S/C23H19N3O2S2/c1-26-22(27)21-18(25-23(26)24-12-14-6-5-7-15(10-14)28-2)11-20(30-21)17-13-29-19-9-4-3-8-16(17)19/h3-11,13H,12H2,1-2H3,(H,24,25). The van der Waals surface area contributed by atoms with Crippen LogP contribution in [0.1, 0.15) is 5.56 Å². The molecule has 0 fully saturated rings. The van der Waals surface area contributed by atoms with E-state index >= 15 is 0 Å². The Morgan fingerprint density at radius 2 is 2.00 bits per heavy atom. The number of hydrogen-bond donors (Lipinski definition) is 1. The third kappa shape index (κ3) is 3.26. The van der Waals surface area contributed by atoms with Crippen molar-refractivity contribution in [2.24, 2.45) is 7.05 Å². The lowest BCUT2D eigenvalue weighted by molar-refractivity contribution is 0.414. The molecule has 5 rings (SSSR count). The van der Waals surface area contributed by atoms with Gasteiger partial charge >= 0.3 is 0 Å². The van der Waals surface area contributed by atoms with E-state index in [2.05, 4.69) is 22.8 Å². The number of hydrogen-bond acceptors (Lipinski definition) is 6. The van der Waals surface area contributed by atoms with Crippen LogP contribution in [0.3, 0.4) is 0 Å².